The average molecular weight is 757 g/mol. The van der Waals surface area contributed by atoms with Crippen LogP contribution in [0.3, 0.4) is 0 Å². The minimum absolute atomic E-state index is 0. The van der Waals surface area contributed by atoms with Gasteiger partial charge in [-0.3, -0.25) is 0 Å². The first kappa shape index (κ1) is 49.8. The minimum atomic E-state index is 0. The van der Waals surface area contributed by atoms with Crippen LogP contribution < -0.4 is 22.9 Å². The number of hydrogen-bond acceptors (Lipinski definition) is 4. The quantitative estimate of drug-likeness (QED) is 0.106. The molecule has 4 aromatic carbocycles. The Kier molecular flexibility index (Phi) is 22.1. The molecule has 0 fully saturated rings. The fraction of sp³-hybridized carbons (Fsp3) is 0.500. The zero-order chi connectivity index (χ0) is 40.0. The summed E-state index contributed by atoms with van der Waals surface area (Å²) in [5, 5.41) is 0. The summed E-state index contributed by atoms with van der Waals surface area (Å²) in [5.74, 6) is 4.10. The molecule has 0 saturated heterocycles. The van der Waals surface area contributed by atoms with Gasteiger partial charge in [0.05, 0.1) is 0 Å². The zero-order valence-corrected chi connectivity index (χ0v) is 37.9. The van der Waals surface area contributed by atoms with Crippen molar-refractivity contribution in [2.75, 3.05) is 22.9 Å². The van der Waals surface area contributed by atoms with Crippen molar-refractivity contribution >= 4 is 22.7 Å². The largest absolute Gasteiger partial charge is 4.00 e. The second-order valence-corrected chi connectivity index (χ2v) is 16.6. The second kappa shape index (κ2) is 23.6. The third kappa shape index (κ3) is 14.9. The van der Waals surface area contributed by atoms with E-state index in [4.69, 9.17) is 22.9 Å². The molecule has 0 heterocycles. The molecule has 0 atom stereocenters. The van der Waals surface area contributed by atoms with Gasteiger partial charge in [0.1, 0.15) is 0 Å². The maximum atomic E-state index is 6.09. The van der Waals surface area contributed by atoms with Crippen LogP contribution in [0.2, 0.25) is 0 Å². The van der Waals surface area contributed by atoms with E-state index < -0.39 is 0 Å². The summed E-state index contributed by atoms with van der Waals surface area (Å²) in [7, 11) is 0. The zero-order valence-electron chi connectivity index (χ0n) is 36.4. The van der Waals surface area contributed by atoms with Gasteiger partial charge in [0.15, 0.2) is 0 Å². The van der Waals surface area contributed by atoms with Gasteiger partial charge in [-0.15, -0.1) is 0 Å². The van der Waals surface area contributed by atoms with Crippen molar-refractivity contribution < 1.29 is 21.7 Å². The van der Waals surface area contributed by atoms with Crippen LogP contribution in [0.1, 0.15) is 203 Å². The van der Waals surface area contributed by atoms with E-state index in [0.717, 1.165) is 22.7 Å². The maximum absolute atomic E-state index is 6.09. The van der Waals surface area contributed by atoms with E-state index in [9.17, 15) is 0 Å². The van der Waals surface area contributed by atoms with Crippen molar-refractivity contribution in [2.45, 2.75) is 158 Å². The van der Waals surface area contributed by atoms with Crippen molar-refractivity contribution in [1.82, 2.24) is 0 Å². The van der Waals surface area contributed by atoms with Gasteiger partial charge in [-0.05, 0) is 91.9 Å². The van der Waals surface area contributed by atoms with E-state index in [1.54, 1.807) is 0 Å². The van der Waals surface area contributed by atoms with E-state index in [-0.39, 0.29) is 21.7 Å². The van der Waals surface area contributed by atoms with Crippen molar-refractivity contribution in [1.29, 1.82) is 0 Å². The van der Waals surface area contributed by atoms with Crippen LogP contribution >= 0.6 is 0 Å². The summed E-state index contributed by atoms with van der Waals surface area (Å²) >= 11 is 0. The molecule has 5 heteroatoms. The van der Waals surface area contributed by atoms with Gasteiger partial charge in [-0.25, -0.2) is 0 Å². The van der Waals surface area contributed by atoms with Crippen LogP contribution in [0.5, 0.6) is 0 Å². The Bertz CT molecular complexity index is 1300. The first-order chi connectivity index (χ1) is 24.1. The van der Waals surface area contributed by atoms with Crippen molar-refractivity contribution in [3.8, 4) is 0 Å². The first-order valence-corrected chi connectivity index (χ1v) is 19.7. The van der Waals surface area contributed by atoms with Gasteiger partial charge in [0.25, 0.3) is 0 Å². The number of anilines is 4. The standard InChI is InChI=1S/4C12H19N.Ti/c4*1-8(2)10-6-5-7-11(9(3)4)12(10)13;/h4*5-9H,13H2,1-4H3;/q;;;;+4. The van der Waals surface area contributed by atoms with Crippen LogP contribution in [-0.2, 0) is 21.7 Å². The average Bonchev–Trinajstić information content (AvgIpc) is 3.05. The number of nitrogen functional groups attached to an aromatic ring is 4. The van der Waals surface area contributed by atoms with Crippen LogP contribution in [0, 0.1) is 0 Å². The van der Waals surface area contributed by atoms with Gasteiger partial charge >= 0.3 is 21.7 Å². The second-order valence-electron chi connectivity index (χ2n) is 16.6. The molecule has 0 saturated carbocycles. The number of para-hydroxylation sites is 4. The van der Waals surface area contributed by atoms with Crippen LogP contribution in [0.15, 0.2) is 72.8 Å². The van der Waals surface area contributed by atoms with Crippen LogP contribution in [0.25, 0.3) is 0 Å². The predicted molar refractivity (Wildman–Crippen MR) is 236 cm³/mol. The first-order valence-electron chi connectivity index (χ1n) is 19.7. The van der Waals surface area contributed by atoms with Crippen LogP contribution in [0.4, 0.5) is 22.7 Å². The predicted octanol–water partition coefficient (Wildman–Crippen LogP) is 14.1. The van der Waals surface area contributed by atoms with E-state index >= 15 is 0 Å². The van der Waals surface area contributed by atoms with E-state index in [1.165, 1.54) is 44.5 Å². The SMILES string of the molecule is CC(C)c1cccc(C(C)C)c1N.CC(C)c1cccc(C(C)C)c1N.CC(C)c1cccc(C(C)C)c1N.CC(C)c1cccc(C(C)C)c1N.[Ti+4]. The number of rotatable bonds is 8. The molecule has 4 aromatic rings. The van der Waals surface area contributed by atoms with Crippen LogP contribution in [-0.4, -0.2) is 0 Å². The summed E-state index contributed by atoms with van der Waals surface area (Å²) in [4.78, 5) is 0. The molecule has 0 aliphatic carbocycles. The minimum Gasteiger partial charge on any atom is -0.398 e. The Hall–Kier alpha value is -3.21. The molecule has 4 nitrogen and oxygen atoms in total. The molecule has 0 spiro atoms. The Balaban J connectivity index is 0.000000676. The Morgan fingerprint density at radius 3 is 0.415 bits per heavy atom. The fourth-order valence-corrected chi connectivity index (χ4v) is 6.43. The third-order valence-electron chi connectivity index (χ3n) is 9.67. The van der Waals surface area contributed by atoms with Crippen molar-refractivity contribution in [3.63, 3.8) is 0 Å². The van der Waals surface area contributed by atoms with E-state index in [1.807, 2.05) is 0 Å². The topological polar surface area (TPSA) is 104 Å². The van der Waals surface area contributed by atoms with Gasteiger partial charge in [-0.2, -0.15) is 0 Å². The molecule has 0 aliphatic rings. The monoisotopic (exact) mass is 757 g/mol. The normalized spacial score (nSPS) is 11.0. The van der Waals surface area contributed by atoms with Gasteiger partial charge in [0, 0.05) is 22.7 Å². The van der Waals surface area contributed by atoms with Crippen molar-refractivity contribution in [2.24, 2.45) is 0 Å². The molecule has 0 aromatic heterocycles. The molecule has 0 bridgehead atoms. The maximum Gasteiger partial charge on any atom is 4.00 e. The fourth-order valence-electron chi connectivity index (χ4n) is 6.43. The Morgan fingerprint density at radius 2 is 0.340 bits per heavy atom. The van der Waals surface area contributed by atoms with Gasteiger partial charge in [0.2, 0.25) is 0 Å². The third-order valence-corrected chi connectivity index (χ3v) is 9.67. The summed E-state index contributed by atoms with van der Waals surface area (Å²) < 4.78 is 0. The molecule has 0 amide bonds. The van der Waals surface area contributed by atoms with Crippen molar-refractivity contribution in [3.05, 3.63) is 117 Å². The molecular weight excluding hydrogens is 680 g/mol. The molecule has 4 rings (SSSR count). The summed E-state index contributed by atoms with van der Waals surface area (Å²) in [6.07, 6.45) is 0. The number of nitrogens with two attached hydrogens (primary N) is 4. The van der Waals surface area contributed by atoms with E-state index in [2.05, 4.69) is 184 Å². The Labute approximate surface area is 341 Å². The number of hydrogen-bond donors (Lipinski definition) is 4. The van der Waals surface area contributed by atoms with Gasteiger partial charge < -0.3 is 22.9 Å². The molecule has 288 valence electrons. The number of benzene rings is 4. The molecule has 0 unspecified atom stereocenters. The molecule has 53 heavy (non-hydrogen) atoms. The summed E-state index contributed by atoms with van der Waals surface area (Å²) in [5.41, 5.74) is 38.4. The summed E-state index contributed by atoms with van der Waals surface area (Å²) in [6.45, 7) is 34.8. The molecule has 8 N–H and O–H groups in total. The summed E-state index contributed by atoms with van der Waals surface area (Å²) in [6, 6.07) is 25.3. The van der Waals surface area contributed by atoms with E-state index in [0.29, 0.717) is 47.3 Å². The molecule has 0 aliphatic heterocycles. The Morgan fingerprint density at radius 1 is 0.245 bits per heavy atom. The molecule has 0 radical (unpaired) electrons. The smallest absolute Gasteiger partial charge is 0.398 e. The molecular formula is C48H76N4Ti+4. The van der Waals surface area contributed by atoms with Gasteiger partial charge in [-0.1, -0.05) is 184 Å².